The van der Waals surface area contributed by atoms with Crippen molar-refractivity contribution in [3.8, 4) is 0 Å². The van der Waals surface area contributed by atoms with Crippen LogP contribution in [-0.2, 0) is 18.3 Å². The van der Waals surface area contributed by atoms with Crippen LogP contribution in [0, 0.1) is 5.92 Å². The fraction of sp³-hybridized carbons (Fsp3) is 0.389. The Labute approximate surface area is 154 Å². The SMILES string of the molecule is CC(C)Cn1c(=O)n(C)c(=O)c2c1ncn2C(C)OC(=O)c1ccccn1. The number of pyridine rings is 1. The van der Waals surface area contributed by atoms with E-state index in [1.807, 2.05) is 13.8 Å². The Bertz CT molecular complexity index is 1090. The Kier molecular flexibility index (Phi) is 4.93. The standard InChI is InChI=1S/C18H21N5O4/c1-11(2)9-22-15-14(16(24)21(4)18(22)26)23(10-20-15)12(3)27-17(25)13-7-5-6-8-19-13/h5-8,10-12H,9H2,1-4H3. The smallest absolute Gasteiger partial charge is 0.358 e. The van der Waals surface area contributed by atoms with Gasteiger partial charge in [0.2, 0.25) is 0 Å². The first-order valence-electron chi connectivity index (χ1n) is 8.59. The summed E-state index contributed by atoms with van der Waals surface area (Å²) < 4.78 is 9.38. The zero-order valence-corrected chi connectivity index (χ0v) is 15.6. The molecule has 0 radical (unpaired) electrons. The molecule has 0 aromatic carbocycles. The van der Waals surface area contributed by atoms with Crippen LogP contribution in [0.25, 0.3) is 11.2 Å². The maximum atomic E-state index is 12.7. The number of esters is 1. The van der Waals surface area contributed by atoms with E-state index < -0.39 is 23.4 Å². The number of carbonyl (C=O) groups is 1. The maximum absolute atomic E-state index is 12.7. The lowest BCUT2D eigenvalue weighted by Crippen LogP contribution is -2.39. The molecule has 3 aromatic rings. The summed E-state index contributed by atoms with van der Waals surface area (Å²) in [7, 11) is 1.42. The van der Waals surface area contributed by atoms with Gasteiger partial charge in [0.1, 0.15) is 12.0 Å². The van der Waals surface area contributed by atoms with Crippen molar-refractivity contribution in [1.82, 2.24) is 23.7 Å². The van der Waals surface area contributed by atoms with Crippen LogP contribution in [-0.4, -0.2) is 29.6 Å². The molecule has 0 N–H and O–H groups in total. The molecule has 0 saturated carbocycles. The number of carbonyl (C=O) groups excluding carboxylic acids is 1. The van der Waals surface area contributed by atoms with Gasteiger partial charge >= 0.3 is 11.7 Å². The van der Waals surface area contributed by atoms with Crippen molar-refractivity contribution in [2.45, 2.75) is 33.5 Å². The van der Waals surface area contributed by atoms with Crippen LogP contribution in [0.3, 0.4) is 0 Å². The van der Waals surface area contributed by atoms with Crippen molar-refractivity contribution in [2.75, 3.05) is 0 Å². The van der Waals surface area contributed by atoms with Gasteiger partial charge in [-0.1, -0.05) is 19.9 Å². The predicted molar refractivity (Wildman–Crippen MR) is 98.4 cm³/mol. The Balaban J connectivity index is 2.05. The molecule has 1 unspecified atom stereocenters. The Morgan fingerprint density at radius 3 is 2.56 bits per heavy atom. The normalized spacial score (nSPS) is 12.5. The summed E-state index contributed by atoms with van der Waals surface area (Å²) >= 11 is 0. The highest BCUT2D eigenvalue weighted by Gasteiger charge is 2.21. The number of rotatable bonds is 5. The monoisotopic (exact) mass is 371 g/mol. The van der Waals surface area contributed by atoms with Crippen LogP contribution in [0.15, 0.2) is 40.3 Å². The summed E-state index contributed by atoms with van der Waals surface area (Å²) in [6.07, 6.45) is 2.09. The first-order valence-corrected chi connectivity index (χ1v) is 8.59. The zero-order chi connectivity index (χ0) is 19.7. The van der Waals surface area contributed by atoms with E-state index in [-0.39, 0.29) is 22.8 Å². The molecule has 142 valence electrons. The van der Waals surface area contributed by atoms with Gasteiger partial charge in [0.25, 0.3) is 5.56 Å². The molecule has 3 aromatic heterocycles. The average Bonchev–Trinajstić information content (AvgIpc) is 3.09. The number of hydrogen-bond donors (Lipinski definition) is 0. The van der Waals surface area contributed by atoms with Crippen molar-refractivity contribution in [3.05, 3.63) is 57.3 Å². The van der Waals surface area contributed by atoms with Gasteiger partial charge in [-0.05, 0) is 25.0 Å². The lowest BCUT2D eigenvalue weighted by atomic mass is 10.2. The van der Waals surface area contributed by atoms with Gasteiger partial charge in [-0.25, -0.2) is 19.6 Å². The Hall–Kier alpha value is -3.23. The molecule has 0 spiro atoms. The van der Waals surface area contributed by atoms with Crippen LogP contribution in [0.4, 0.5) is 0 Å². The number of nitrogens with zero attached hydrogens (tertiary/aromatic N) is 5. The largest absolute Gasteiger partial charge is 0.437 e. The first-order chi connectivity index (χ1) is 12.8. The van der Waals surface area contributed by atoms with Crippen molar-refractivity contribution >= 4 is 17.1 Å². The molecule has 0 bridgehead atoms. The molecule has 9 heteroatoms. The van der Waals surface area contributed by atoms with Crippen molar-refractivity contribution in [2.24, 2.45) is 13.0 Å². The summed E-state index contributed by atoms with van der Waals surface area (Å²) in [4.78, 5) is 45.6. The van der Waals surface area contributed by atoms with Crippen LogP contribution < -0.4 is 11.2 Å². The predicted octanol–water partition coefficient (Wildman–Crippen LogP) is 1.32. The van der Waals surface area contributed by atoms with Gasteiger partial charge < -0.3 is 4.74 Å². The van der Waals surface area contributed by atoms with Crippen molar-refractivity contribution in [1.29, 1.82) is 0 Å². The molecular formula is C18H21N5O4. The van der Waals surface area contributed by atoms with Crippen LogP contribution in [0.5, 0.6) is 0 Å². The second-order valence-corrected chi connectivity index (χ2v) is 6.69. The summed E-state index contributed by atoms with van der Waals surface area (Å²) in [6, 6.07) is 4.92. The third-order valence-electron chi connectivity index (χ3n) is 4.15. The molecule has 0 amide bonds. The van der Waals surface area contributed by atoms with Gasteiger partial charge in [0.05, 0.1) is 0 Å². The second kappa shape index (κ2) is 7.18. The summed E-state index contributed by atoms with van der Waals surface area (Å²) in [5.41, 5.74) is -0.271. The third-order valence-corrected chi connectivity index (χ3v) is 4.15. The first kappa shape index (κ1) is 18.6. The van der Waals surface area contributed by atoms with Crippen molar-refractivity contribution < 1.29 is 9.53 Å². The molecule has 9 nitrogen and oxygen atoms in total. The molecule has 0 saturated heterocycles. The minimum absolute atomic E-state index is 0.165. The number of ether oxygens (including phenoxy) is 1. The van der Waals surface area contributed by atoms with E-state index in [2.05, 4.69) is 9.97 Å². The van der Waals surface area contributed by atoms with E-state index in [9.17, 15) is 14.4 Å². The van der Waals surface area contributed by atoms with Gasteiger partial charge in [0, 0.05) is 19.8 Å². The highest BCUT2D eigenvalue weighted by molar-refractivity contribution is 5.87. The highest BCUT2D eigenvalue weighted by Crippen LogP contribution is 2.17. The molecule has 0 aliphatic rings. The topological polar surface area (TPSA) is 101 Å². The summed E-state index contributed by atoms with van der Waals surface area (Å²) in [5, 5.41) is 0. The number of fused-ring (bicyclic) bond motifs is 1. The van der Waals surface area contributed by atoms with E-state index in [1.165, 1.54) is 28.7 Å². The zero-order valence-electron chi connectivity index (χ0n) is 15.6. The molecule has 3 heterocycles. The quantitative estimate of drug-likeness (QED) is 0.627. The van der Waals surface area contributed by atoms with Crippen molar-refractivity contribution in [3.63, 3.8) is 0 Å². The van der Waals surface area contributed by atoms with E-state index in [0.717, 1.165) is 4.57 Å². The minimum atomic E-state index is -0.804. The number of aromatic nitrogens is 5. The number of imidazole rings is 1. The average molecular weight is 371 g/mol. The fourth-order valence-electron chi connectivity index (χ4n) is 2.83. The van der Waals surface area contributed by atoms with Gasteiger partial charge in [-0.3, -0.25) is 18.5 Å². The second-order valence-electron chi connectivity index (χ2n) is 6.69. The Morgan fingerprint density at radius 2 is 1.93 bits per heavy atom. The third kappa shape index (κ3) is 3.40. The van der Waals surface area contributed by atoms with Crippen LogP contribution in [0.2, 0.25) is 0 Å². The van der Waals surface area contributed by atoms with E-state index in [0.29, 0.717) is 6.54 Å². The van der Waals surface area contributed by atoms with Gasteiger partial charge in [0.15, 0.2) is 17.4 Å². The highest BCUT2D eigenvalue weighted by atomic mass is 16.6. The minimum Gasteiger partial charge on any atom is -0.437 e. The number of hydrogen-bond acceptors (Lipinski definition) is 6. The van der Waals surface area contributed by atoms with Crippen LogP contribution in [0.1, 0.15) is 37.5 Å². The fourth-order valence-corrected chi connectivity index (χ4v) is 2.83. The maximum Gasteiger partial charge on any atom is 0.358 e. The van der Waals surface area contributed by atoms with E-state index in [1.54, 1.807) is 25.1 Å². The molecular weight excluding hydrogens is 350 g/mol. The molecule has 0 fully saturated rings. The van der Waals surface area contributed by atoms with Crippen LogP contribution >= 0.6 is 0 Å². The lowest BCUT2D eigenvalue weighted by molar-refractivity contribution is 0.0162. The molecule has 1 atom stereocenters. The molecule has 27 heavy (non-hydrogen) atoms. The molecule has 0 aliphatic carbocycles. The molecule has 0 aliphatic heterocycles. The van der Waals surface area contributed by atoms with E-state index in [4.69, 9.17) is 4.74 Å². The van der Waals surface area contributed by atoms with Gasteiger partial charge in [-0.2, -0.15) is 0 Å². The van der Waals surface area contributed by atoms with Gasteiger partial charge in [-0.15, -0.1) is 0 Å². The molecule has 3 rings (SSSR count). The summed E-state index contributed by atoms with van der Waals surface area (Å²) in [5.74, 6) is -0.426. The van der Waals surface area contributed by atoms with E-state index >= 15 is 0 Å². The summed E-state index contributed by atoms with van der Waals surface area (Å²) in [6.45, 7) is 5.98. The Morgan fingerprint density at radius 1 is 1.19 bits per heavy atom. The lowest BCUT2D eigenvalue weighted by Gasteiger charge is -2.16.